The number of aromatic nitrogens is 2. The van der Waals surface area contributed by atoms with E-state index in [4.69, 9.17) is 9.97 Å². The molecule has 24 heavy (non-hydrogen) atoms. The lowest BCUT2D eigenvalue weighted by molar-refractivity contribution is 0.219. The third-order valence-corrected chi connectivity index (χ3v) is 5.68. The Bertz CT molecular complexity index is 495. The third-order valence-electron chi connectivity index (χ3n) is 5.68. The fraction of sp³-hybridized carbons (Fsp3) is 0.789. The number of hydrogen-bond acceptors (Lipinski definition) is 5. The molecule has 0 radical (unpaired) electrons. The predicted molar refractivity (Wildman–Crippen MR) is 99.6 cm³/mol. The molecule has 2 saturated heterocycles. The molecule has 1 unspecified atom stereocenters. The van der Waals surface area contributed by atoms with Crippen molar-refractivity contribution in [2.24, 2.45) is 0 Å². The van der Waals surface area contributed by atoms with Gasteiger partial charge in [0.25, 0.3) is 0 Å². The van der Waals surface area contributed by atoms with E-state index in [-0.39, 0.29) is 0 Å². The minimum absolute atomic E-state index is 0.553. The zero-order valence-electron chi connectivity index (χ0n) is 15.5. The first-order chi connectivity index (χ1) is 11.7. The second kappa shape index (κ2) is 8.26. The maximum Gasteiger partial charge on any atom is 0.225 e. The highest BCUT2D eigenvalue weighted by Crippen LogP contribution is 2.27. The van der Waals surface area contributed by atoms with Gasteiger partial charge in [-0.2, -0.15) is 0 Å². The van der Waals surface area contributed by atoms with E-state index in [0.717, 1.165) is 38.7 Å². The summed E-state index contributed by atoms with van der Waals surface area (Å²) in [5.74, 6) is 1.56. The van der Waals surface area contributed by atoms with Crippen LogP contribution >= 0.6 is 0 Å². The van der Waals surface area contributed by atoms with Crippen LogP contribution in [0.2, 0.25) is 0 Å². The van der Waals surface area contributed by atoms with Crippen LogP contribution < -0.4 is 10.2 Å². The SMILES string of the molecule is CCN(CC1CCCN1c1ncc(C2CCNCC2)cn1)C(C)C. The first-order valence-corrected chi connectivity index (χ1v) is 9.72. The van der Waals surface area contributed by atoms with E-state index in [0.29, 0.717) is 18.0 Å². The van der Waals surface area contributed by atoms with Gasteiger partial charge in [-0.15, -0.1) is 0 Å². The topological polar surface area (TPSA) is 44.3 Å². The Morgan fingerprint density at radius 1 is 1.21 bits per heavy atom. The highest BCUT2D eigenvalue weighted by molar-refractivity contribution is 5.34. The molecule has 134 valence electrons. The Balaban J connectivity index is 1.66. The number of likely N-dealkylation sites (N-methyl/N-ethyl adjacent to an activating group) is 1. The third kappa shape index (κ3) is 4.06. The first-order valence-electron chi connectivity index (χ1n) is 9.72. The summed E-state index contributed by atoms with van der Waals surface area (Å²) >= 11 is 0. The second-order valence-electron chi connectivity index (χ2n) is 7.51. The zero-order chi connectivity index (χ0) is 16.9. The van der Waals surface area contributed by atoms with E-state index >= 15 is 0 Å². The molecule has 0 spiro atoms. The van der Waals surface area contributed by atoms with Crippen molar-refractivity contribution in [2.75, 3.05) is 37.6 Å². The molecule has 0 aromatic carbocycles. The summed E-state index contributed by atoms with van der Waals surface area (Å²) in [6.45, 7) is 12.4. The van der Waals surface area contributed by atoms with Gasteiger partial charge in [0.05, 0.1) is 0 Å². The lowest BCUT2D eigenvalue weighted by Crippen LogP contribution is -2.43. The average Bonchev–Trinajstić information content (AvgIpc) is 3.08. The quantitative estimate of drug-likeness (QED) is 0.868. The normalized spacial score (nSPS) is 22.7. The number of hydrogen-bond donors (Lipinski definition) is 1. The van der Waals surface area contributed by atoms with Gasteiger partial charge in [-0.3, -0.25) is 4.90 Å². The zero-order valence-corrected chi connectivity index (χ0v) is 15.5. The van der Waals surface area contributed by atoms with Crippen LogP contribution in [0, 0.1) is 0 Å². The van der Waals surface area contributed by atoms with Crippen LogP contribution in [0.1, 0.15) is 57.9 Å². The van der Waals surface area contributed by atoms with E-state index in [1.54, 1.807) is 0 Å². The van der Waals surface area contributed by atoms with E-state index in [1.165, 1.54) is 31.2 Å². The first kappa shape index (κ1) is 17.6. The molecule has 3 heterocycles. The number of rotatable bonds is 6. The van der Waals surface area contributed by atoms with E-state index < -0.39 is 0 Å². The van der Waals surface area contributed by atoms with Crippen LogP contribution in [0.15, 0.2) is 12.4 Å². The summed E-state index contributed by atoms with van der Waals surface area (Å²) in [4.78, 5) is 14.5. The smallest absolute Gasteiger partial charge is 0.225 e. The van der Waals surface area contributed by atoms with Crippen molar-refractivity contribution in [3.05, 3.63) is 18.0 Å². The Morgan fingerprint density at radius 2 is 1.92 bits per heavy atom. The Hall–Kier alpha value is -1.20. The molecule has 5 nitrogen and oxygen atoms in total. The van der Waals surface area contributed by atoms with Crippen LogP contribution in [-0.2, 0) is 0 Å². The molecule has 0 saturated carbocycles. The van der Waals surface area contributed by atoms with Gasteiger partial charge in [0.2, 0.25) is 5.95 Å². The summed E-state index contributed by atoms with van der Waals surface area (Å²) in [7, 11) is 0. The van der Waals surface area contributed by atoms with E-state index in [1.807, 2.05) is 0 Å². The largest absolute Gasteiger partial charge is 0.337 e. The van der Waals surface area contributed by atoms with Crippen molar-refractivity contribution in [2.45, 2.75) is 64.5 Å². The van der Waals surface area contributed by atoms with Gasteiger partial charge in [-0.05, 0) is 70.6 Å². The van der Waals surface area contributed by atoms with Crippen LogP contribution in [0.3, 0.4) is 0 Å². The number of piperidine rings is 1. The Morgan fingerprint density at radius 3 is 2.54 bits per heavy atom. The minimum atomic E-state index is 0.553. The highest BCUT2D eigenvalue weighted by Gasteiger charge is 2.29. The van der Waals surface area contributed by atoms with Gasteiger partial charge in [0.1, 0.15) is 0 Å². The van der Waals surface area contributed by atoms with Crippen LogP contribution in [0.25, 0.3) is 0 Å². The Kier molecular flexibility index (Phi) is 6.06. The molecule has 2 fully saturated rings. The summed E-state index contributed by atoms with van der Waals surface area (Å²) in [6.07, 6.45) is 9.06. The van der Waals surface area contributed by atoms with Crippen LogP contribution in [0.5, 0.6) is 0 Å². The van der Waals surface area contributed by atoms with Gasteiger partial charge >= 0.3 is 0 Å². The van der Waals surface area contributed by atoms with Crippen molar-refractivity contribution in [1.29, 1.82) is 0 Å². The predicted octanol–water partition coefficient (Wildman–Crippen LogP) is 2.64. The molecular formula is C19H33N5. The fourth-order valence-electron chi connectivity index (χ4n) is 4.11. The molecule has 1 aromatic heterocycles. The van der Waals surface area contributed by atoms with Gasteiger partial charge < -0.3 is 10.2 Å². The minimum Gasteiger partial charge on any atom is -0.337 e. The van der Waals surface area contributed by atoms with Gasteiger partial charge in [0.15, 0.2) is 0 Å². The molecule has 3 rings (SSSR count). The van der Waals surface area contributed by atoms with Gasteiger partial charge in [-0.25, -0.2) is 9.97 Å². The lowest BCUT2D eigenvalue weighted by atomic mass is 9.92. The standard InChI is InChI=1S/C19H33N5/c1-4-23(15(2)3)14-18-6-5-11-24(18)19-21-12-17(13-22-19)16-7-9-20-10-8-16/h12-13,15-16,18,20H,4-11,14H2,1-3H3. The number of nitrogens with one attached hydrogen (secondary N) is 1. The monoisotopic (exact) mass is 331 g/mol. The maximum atomic E-state index is 4.74. The average molecular weight is 332 g/mol. The maximum absolute atomic E-state index is 4.74. The van der Waals surface area contributed by atoms with Crippen LogP contribution in [0.4, 0.5) is 5.95 Å². The summed E-state index contributed by atoms with van der Waals surface area (Å²) in [5, 5.41) is 3.43. The van der Waals surface area contributed by atoms with Gasteiger partial charge in [-0.1, -0.05) is 6.92 Å². The molecule has 1 N–H and O–H groups in total. The molecule has 1 aromatic rings. The van der Waals surface area contributed by atoms with E-state index in [9.17, 15) is 0 Å². The van der Waals surface area contributed by atoms with Crippen molar-refractivity contribution in [3.8, 4) is 0 Å². The molecule has 2 aliphatic heterocycles. The van der Waals surface area contributed by atoms with Crippen molar-refractivity contribution in [1.82, 2.24) is 20.2 Å². The van der Waals surface area contributed by atoms with Crippen LogP contribution in [-0.4, -0.2) is 59.7 Å². The number of anilines is 1. The van der Waals surface area contributed by atoms with Crippen molar-refractivity contribution >= 4 is 5.95 Å². The second-order valence-corrected chi connectivity index (χ2v) is 7.51. The summed E-state index contributed by atoms with van der Waals surface area (Å²) in [6, 6.07) is 1.15. The van der Waals surface area contributed by atoms with Gasteiger partial charge in [0, 0.05) is 37.6 Å². The molecule has 1 atom stereocenters. The Labute approximate surface area is 146 Å². The molecule has 0 bridgehead atoms. The van der Waals surface area contributed by atoms with Crippen molar-refractivity contribution in [3.63, 3.8) is 0 Å². The number of nitrogens with zero attached hydrogens (tertiary/aromatic N) is 4. The molecule has 2 aliphatic rings. The molecule has 0 amide bonds. The summed E-state index contributed by atoms with van der Waals surface area (Å²) in [5.41, 5.74) is 1.31. The fourth-order valence-corrected chi connectivity index (χ4v) is 4.11. The lowest BCUT2D eigenvalue weighted by Gasteiger charge is -2.32. The molecular weight excluding hydrogens is 298 g/mol. The highest BCUT2D eigenvalue weighted by atomic mass is 15.3. The van der Waals surface area contributed by atoms with E-state index in [2.05, 4.69) is 48.3 Å². The van der Waals surface area contributed by atoms with Crippen molar-refractivity contribution < 1.29 is 0 Å². The molecule has 0 aliphatic carbocycles. The molecule has 5 heteroatoms. The summed E-state index contributed by atoms with van der Waals surface area (Å²) < 4.78 is 0.